The summed E-state index contributed by atoms with van der Waals surface area (Å²) in [7, 11) is 0. The van der Waals surface area contributed by atoms with Gasteiger partial charge < -0.3 is 5.32 Å². The van der Waals surface area contributed by atoms with Gasteiger partial charge in [0.25, 0.3) is 0 Å². The third kappa shape index (κ3) is 2.51. The monoisotopic (exact) mass is 311 g/mol. The van der Waals surface area contributed by atoms with Crippen molar-refractivity contribution in [3.63, 3.8) is 0 Å². The van der Waals surface area contributed by atoms with E-state index >= 15 is 0 Å². The molecular formula is C21H29NO. The first-order valence-electron chi connectivity index (χ1n) is 9.50. The molecule has 4 aliphatic carbocycles. The molecular weight excluding hydrogens is 282 g/mol. The number of hydrogen-bond acceptors (Lipinski definition) is 1. The summed E-state index contributed by atoms with van der Waals surface area (Å²) in [5.41, 5.74) is 1.68. The summed E-state index contributed by atoms with van der Waals surface area (Å²) in [5.74, 6) is 1.88. The van der Waals surface area contributed by atoms with Crippen molar-refractivity contribution in [3.05, 3.63) is 35.9 Å². The second-order valence-corrected chi connectivity index (χ2v) is 8.50. The molecule has 23 heavy (non-hydrogen) atoms. The Balaban J connectivity index is 1.62. The summed E-state index contributed by atoms with van der Waals surface area (Å²) in [4.78, 5) is 13.0. The van der Waals surface area contributed by atoms with Crippen LogP contribution in [0.4, 0.5) is 0 Å². The maximum absolute atomic E-state index is 13.0. The van der Waals surface area contributed by atoms with Crippen molar-refractivity contribution in [3.8, 4) is 0 Å². The number of rotatable bonds is 5. The summed E-state index contributed by atoms with van der Waals surface area (Å²) in [6, 6.07) is 11.0. The number of carbonyl (C=O) groups is 1. The molecule has 0 aliphatic heterocycles. The molecule has 2 heteroatoms. The maximum Gasteiger partial charge on any atom is 0.226 e. The third-order valence-electron chi connectivity index (χ3n) is 6.74. The molecule has 2 nitrogen and oxygen atoms in total. The SMILES string of the molecule is CCCCNC(=O)C12C[C@@H]3C[C@@H](C1)CC(c1ccccc1)(C3)C2. The predicted molar refractivity (Wildman–Crippen MR) is 93.2 cm³/mol. The lowest BCUT2D eigenvalue weighted by atomic mass is 9.42. The van der Waals surface area contributed by atoms with Gasteiger partial charge in [-0.2, -0.15) is 0 Å². The Bertz CT molecular complexity index is 565. The van der Waals surface area contributed by atoms with Gasteiger partial charge in [0, 0.05) is 6.54 Å². The molecule has 124 valence electrons. The lowest BCUT2D eigenvalue weighted by molar-refractivity contribution is -0.149. The lowest BCUT2D eigenvalue weighted by Gasteiger charge is -2.61. The van der Waals surface area contributed by atoms with E-state index in [4.69, 9.17) is 0 Å². The van der Waals surface area contributed by atoms with Crippen molar-refractivity contribution in [2.75, 3.05) is 6.54 Å². The zero-order chi connectivity index (χ0) is 15.9. The molecule has 0 spiro atoms. The highest BCUT2D eigenvalue weighted by Gasteiger charge is 2.60. The minimum absolute atomic E-state index is 0.0757. The number of unbranched alkanes of at least 4 members (excludes halogenated alkanes) is 1. The average Bonchev–Trinajstić information content (AvgIpc) is 2.54. The van der Waals surface area contributed by atoms with Crippen molar-refractivity contribution in [1.82, 2.24) is 5.32 Å². The molecule has 1 aromatic carbocycles. The molecule has 0 heterocycles. The van der Waals surface area contributed by atoms with Gasteiger partial charge in [0.15, 0.2) is 0 Å². The maximum atomic E-state index is 13.0. The van der Waals surface area contributed by atoms with Gasteiger partial charge >= 0.3 is 0 Å². The van der Waals surface area contributed by atoms with Crippen molar-refractivity contribution in [1.29, 1.82) is 0 Å². The highest BCUT2D eigenvalue weighted by molar-refractivity contribution is 5.83. The quantitative estimate of drug-likeness (QED) is 0.800. The van der Waals surface area contributed by atoms with Crippen LogP contribution in [0, 0.1) is 17.3 Å². The van der Waals surface area contributed by atoms with Gasteiger partial charge in [0.1, 0.15) is 0 Å². The second kappa shape index (κ2) is 5.65. The zero-order valence-electron chi connectivity index (χ0n) is 14.3. The van der Waals surface area contributed by atoms with Crippen LogP contribution in [-0.4, -0.2) is 12.5 Å². The normalized spacial score (nSPS) is 37.8. The summed E-state index contributed by atoms with van der Waals surface area (Å²) >= 11 is 0. The highest BCUT2D eigenvalue weighted by atomic mass is 16.2. The molecule has 4 fully saturated rings. The molecule has 0 saturated heterocycles. The molecule has 0 aromatic heterocycles. The van der Waals surface area contributed by atoms with Gasteiger partial charge in [-0.15, -0.1) is 0 Å². The van der Waals surface area contributed by atoms with Crippen molar-refractivity contribution < 1.29 is 4.79 Å². The first kappa shape index (κ1) is 15.2. The van der Waals surface area contributed by atoms with Crippen LogP contribution in [0.2, 0.25) is 0 Å². The zero-order valence-corrected chi connectivity index (χ0v) is 14.3. The van der Waals surface area contributed by atoms with E-state index in [1.54, 1.807) is 0 Å². The van der Waals surface area contributed by atoms with Gasteiger partial charge in [0.05, 0.1) is 5.41 Å². The van der Waals surface area contributed by atoms with E-state index in [0.29, 0.717) is 5.91 Å². The van der Waals surface area contributed by atoms with Crippen LogP contribution in [0.1, 0.15) is 63.9 Å². The average molecular weight is 311 g/mol. The Morgan fingerprint density at radius 3 is 2.48 bits per heavy atom. The minimum atomic E-state index is -0.0757. The minimum Gasteiger partial charge on any atom is -0.356 e. The van der Waals surface area contributed by atoms with E-state index in [1.807, 2.05) is 0 Å². The Morgan fingerprint density at radius 1 is 1.13 bits per heavy atom. The molecule has 1 aromatic rings. The van der Waals surface area contributed by atoms with Crippen LogP contribution in [0.15, 0.2) is 30.3 Å². The van der Waals surface area contributed by atoms with E-state index in [0.717, 1.165) is 50.5 Å². The number of amides is 1. The summed E-state index contributed by atoms with van der Waals surface area (Å²) in [6.45, 7) is 3.03. The topological polar surface area (TPSA) is 29.1 Å². The van der Waals surface area contributed by atoms with Crippen LogP contribution >= 0.6 is 0 Å². The largest absolute Gasteiger partial charge is 0.356 e. The highest BCUT2D eigenvalue weighted by Crippen LogP contribution is 2.65. The standard InChI is InChI=1S/C21H29NO/c1-2-3-9-22-19(23)21-13-16-10-17(14-21)12-20(11-16,15-21)18-7-5-4-6-8-18/h4-8,16-17H,2-3,9-15H2,1H3,(H,22,23)/t16-,17-,20?,21?/m1/s1. The fourth-order valence-corrected chi connectivity index (χ4v) is 6.22. The molecule has 1 amide bonds. The number of nitrogens with one attached hydrogen (secondary N) is 1. The van der Waals surface area contributed by atoms with E-state index < -0.39 is 0 Å². The van der Waals surface area contributed by atoms with Gasteiger partial charge in [-0.25, -0.2) is 0 Å². The Labute approximate surface area is 140 Å². The molecule has 0 unspecified atom stereocenters. The molecule has 0 radical (unpaired) electrons. The predicted octanol–water partition coefficient (Wildman–Crippen LogP) is 4.44. The van der Waals surface area contributed by atoms with Crippen LogP contribution in [0.3, 0.4) is 0 Å². The van der Waals surface area contributed by atoms with Crippen LogP contribution < -0.4 is 5.32 Å². The fraction of sp³-hybridized carbons (Fsp3) is 0.667. The fourth-order valence-electron chi connectivity index (χ4n) is 6.22. The molecule has 5 rings (SSSR count). The van der Waals surface area contributed by atoms with Crippen molar-refractivity contribution >= 4 is 5.91 Å². The summed E-state index contributed by atoms with van der Waals surface area (Å²) in [5, 5.41) is 3.27. The van der Waals surface area contributed by atoms with Crippen LogP contribution in [0.5, 0.6) is 0 Å². The molecule has 4 aliphatic rings. The van der Waals surface area contributed by atoms with Gasteiger partial charge in [-0.3, -0.25) is 4.79 Å². The van der Waals surface area contributed by atoms with Gasteiger partial charge in [-0.05, 0) is 67.8 Å². The Morgan fingerprint density at radius 2 is 1.83 bits per heavy atom. The molecule has 4 bridgehead atoms. The van der Waals surface area contributed by atoms with E-state index in [9.17, 15) is 4.79 Å². The number of carbonyl (C=O) groups excluding carboxylic acids is 1. The summed E-state index contributed by atoms with van der Waals surface area (Å²) in [6.07, 6.45) is 9.56. The Kier molecular flexibility index (Phi) is 3.74. The lowest BCUT2D eigenvalue weighted by Crippen LogP contribution is -2.59. The van der Waals surface area contributed by atoms with Crippen LogP contribution in [0.25, 0.3) is 0 Å². The third-order valence-corrected chi connectivity index (χ3v) is 6.74. The molecule has 2 atom stereocenters. The van der Waals surface area contributed by atoms with E-state index in [-0.39, 0.29) is 10.8 Å². The molecule has 4 saturated carbocycles. The van der Waals surface area contributed by atoms with Crippen molar-refractivity contribution in [2.45, 2.75) is 63.7 Å². The molecule has 1 N–H and O–H groups in total. The van der Waals surface area contributed by atoms with Gasteiger partial charge in [-0.1, -0.05) is 43.7 Å². The van der Waals surface area contributed by atoms with E-state index in [2.05, 4.69) is 42.6 Å². The first-order chi connectivity index (χ1) is 11.2. The number of hydrogen-bond donors (Lipinski definition) is 1. The van der Waals surface area contributed by atoms with Crippen molar-refractivity contribution in [2.24, 2.45) is 17.3 Å². The smallest absolute Gasteiger partial charge is 0.226 e. The Hall–Kier alpha value is -1.31. The number of benzene rings is 1. The van der Waals surface area contributed by atoms with Gasteiger partial charge in [0.2, 0.25) is 5.91 Å². The second-order valence-electron chi connectivity index (χ2n) is 8.50. The van der Waals surface area contributed by atoms with Crippen LogP contribution in [-0.2, 0) is 10.2 Å². The summed E-state index contributed by atoms with van der Waals surface area (Å²) < 4.78 is 0. The van der Waals surface area contributed by atoms with E-state index in [1.165, 1.54) is 24.8 Å². The first-order valence-corrected chi connectivity index (χ1v) is 9.50.